The maximum absolute atomic E-state index is 9.42. The van der Waals surface area contributed by atoms with Gasteiger partial charge in [-0.25, -0.2) is 4.79 Å². The van der Waals surface area contributed by atoms with Gasteiger partial charge in [0.05, 0.1) is 0 Å². The molecule has 1 amide bonds. The molecule has 0 atom stereocenters. The topological polar surface area (TPSA) is 75.4 Å². The first-order valence-corrected chi connectivity index (χ1v) is 4.51. The van der Waals surface area contributed by atoms with Crippen molar-refractivity contribution < 1.29 is 9.90 Å². The van der Waals surface area contributed by atoms with E-state index >= 15 is 0 Å². The standard InChI is InChI=1S/CH3NO2S2.CH3NS2/c3-1(4)2-6-5;2-1(3)4/h2,5H,(H,3,4);(H3,2,3,4). The van der Waals surface area contributed by atoms with Crippen molar-refractivity contribution in [2.24, 2.45) is 5.73 Å². The molecule has 0 bridgehead atoms. The van der Waals surface area contributed by atoms with E-state index in [9.17, 15) is 4.79 Å². The van der Waals surface area contributed by atoms with Crippen LogP contribution in [0.15, 0.2) is 0 Å². The zero-order valence-electron chi connectivity index (χ0n) is 4.64. The normalized spacial score (nSPS) is 7.00. The average molecular weight is 218 g/mol. The van der Waals surface area contributed by atoms with E-state index in [2.05, 4.69) is 36.5 Å². The minimum absolute atomic E-state index is 0.194. The largest absolute Gasteiger partial charge is 0.464 e. The van der Waals surface area contributed by atoms with Crippen molar-refractivity contribution in [2.75, 3.05) is 0 Å². The SMILES string of the molecule is NC(=S)S.O=C(O)NSS. The van der Waals surface area contributed by atoms with Crippen LogP contribution in [0.3, 0.4) is 0 Å². The minimum atomic E-state index is -1.07. The van der Waals surface area contributed by atoms with E-state index < -0.39 is 6.09 Å². The molecule has 0 aromatic rings. The molecular weight excluding hydrogens is 212 g/mol. The van der Waals surface area contributed by atoms with Crippen molar-refractivity contribution in [2.45, 2.75) is 0 Å². The Morgan fingerprint density at radius 1 is 1.80 bits per heavy atom. The van der Waals surface area contributed by atoms with Gasteiger partial charge in [-0.1, -0.05) is 23.9 Å². The summed E-state index contributed by atoms with van der Waals surface area (Å²) in [5, 5.41) is 7.73. The lowest BCUT2D eigenvalue weighted by molar-refractivity contribution is 0.202. The summed E-state index contributed by atoms with van der Waals surface area (Å²) in [5.74, 6) is 0. The molecule has 0 rings (SSSR count). The van der Waals surface area contributed by atoms with Crippen LogP contribution in [0.5, 0.6) is 0 Å². The molecule has 0 saturated carbocycles. The van der Waals surface area contributed by atoms with E-state index in [1.807, 2.05) is 4.72 Å². The molecular formula is C2H6N2O2S4. The molecule has 0 fully saturated rings. The average Bonchev–Trinajstić information content (AvgIpc) is 1.62. The Bertz CT molecular complexity index is 114. The van der Waals surface area contributed by atoms with Gasteiger partial charge in [0, 0.05) is 11.0 Å². The Balaban J connectivity index is 0. The van der Waals surface area contributed by atoms with Crippen LogP contribution in [0.25, 0.3) is 0 Å². The first-order valence-electron chi connectivity index (χ1n) is 1.78. The smallest absolute Gasteiger partial charge is 0.415 e. The second kappa shape index (κ2) is 9.21. The van der Waals surface area contributed by atoms with E-state index in [-0.39, 0.29) is 4.32 Å². The molecule has 0 aliphatic carbocycles. The van der Waals surface area contributed by atoms with Gasteiger partial charge in [-0.05, 0) is 0 Å². The van der Waals surface area contributed by atoms with Gasteiger partial charge >= 0.3 is 6.09 Å². The molecule has 4 N–H and O–H groups in total. The third kappa shape index (κ3) is 41.4. The fraction of sp³-hybridized carbons (Fsp3) is 0. The van der Waals surface area contributed by atoms with Crippen LogP contribution in [0.4, 0.5) is 4.79 Å². The molecule has 4 nitrogen and oxygen atoms in total. The van der Waals surface area contributed by atoms with E-state index in [0.29, 0.717) is 0 Å². The van der Waals surface area contributed by atoms with Gasteiger partial charge in [-0.3, -0.25) is 4.72 Å². The number of hydrogen-bond acceptors (Lipinski definition) is 4. The van der Waals surface area contributed by atoms with Crippen LogP contribution in [0.2, 0.25) is 0 Å². The predicted molar refractivity (Wildman–Crippen MR) is 53.5 cm³/mol. The Kier molecular flexibility index (Phi) is 11.8. The van der Waals surface area contributed by atoms with Crippen LogP contribution in [0.1, 0.15) is 0 Å². The highest BCUT2D eigenvalue weighted by molar-refractivity contribution is 8.67. The van der Waals surface area contributed by atoms with Crippen molar-refractivity contribution in [1.82, 2.24) is 4.72 Å². The molecule has 0 aromatic carbocycles. The second-order valence-electron chi connectivity index (χ2n) is 0.837. The number of nitrogens with one attached hydrogen (secondary N) is 1. The van der Waals surface area contributed by atoms with Gasteiger partial charge in [0.25, 0.3) is 0 Å². The van der Waals surface area contributed by atoms with Gasteiger partial charge in [-0.2, -0.15) is 0 Å². The zero-order chi connectivity index (χ0) is 8.57. The van der Waals surface area contributed by atoms with E-state index in [4.69, 9.17) is 10.8 Å². The summed E-state index contributed by atoms with van der Waals surface area (Å²) in [6.45, 7) is 0. The minimum Gasteiger partial charge on any atom is -0.464 e. The number of carbonyl (C=O) groups is 1. The van der Waals surface area contributed by atoms with Crippen molar-refractivity contribution in [3.8, 4) is 0 Å². The van der Waals surface area contributed by atoms with Crippen molar-refractivity contribution in [3.05, 3.63) is 0 Å². The number of carboxylic acid groups (broad SMARTS) is 1. The fourth-order valence-electron chi connectivity index (χ4n) is 0.0390. The Labute approximate surface area is 78.3 Å². The first-order chi connectivity index (χ1) is 4.50. The predicted octanol–water partition coefficient (Wildman–Crippen LogP) is 0.907. The highest BCUT2D eigenvalue weighted by Gasteiger charge is 1.84. The monoisotopic (exact) mass is 218 g/mol. The van der Waals surface area contributed by atoms with Gasteiger partial charge in [-0.15, -0.1) is 12.6 Å². The molecule has 0 heterocycles. The first kappa shape index (κ1) is 12.8. The molecule has 8 heteroatoms. The van der Waals surface area contributed by atoms with E-state index in [1.54, 1.807) is 0 Å². The maximum atomic E-state index is 9.42. The molecule has 0 aliphatic heterocycles. The zero-order valence-corrected chi connectivity index (χ0v) is 8.07. The maximum Gasteiger partial charge on any atom is 0.415 e. The van der Waals surface area contributed by atoms with E-state index in [0.717, 1.165) is 11.0 Å². The van der Waals surface area contributed by atoms with Crippen molar-refractivity contribution in [3.63, 3.8) is 0 Å². The molecule has 60 valence electrons. The number of thiol groups is 2. The lowest BCUT2D eigenvalue weighted by Gasteiger charge is -1.84. The van der Waals surface area contributed by atoms with Gasteiger partial charge in [0.15, 0.2) is 0 Å². The summed E-state index contributed by atoms with van der Waals surface area (Å²) >= 11 is 11.1. The lowest BCUT2D eigenvalue weighted by atomic mass is 11.3. The Morgan fingerprint density at radius 3 is 2.10 bits per heavy atom. The summed E-state index contributed by atoms with van der Waals surface area (Å²) < 4.78 is 2.10. The Morgan fingerprint density at radius 2 is 2.10 bits per heavy atom. The highest BCUT2D eigenvalue weighted by atomic mass is 33.1. The number of rotatable bonds is 1. The summed E-state index contributed by atoms with van der Waals surface area (Å²) in [7, 11) is 0.755. The summed E-state index contributed by atoms with van der Waals surface area (Å²) in [6.07, 6.45) is -1.07. The fourth-order valence-corrected chi connectivity index (χ4v) is 0.351. The molecule has 0 radical (unpaired) electrons. The van der Waals surface area contributed by atoms with Crippen molar-refractivity contribution >= 4 is 57.9 Å². The van der Waals surface area contributed by atoms with Crippen LogP contribution in [-0.4, -0.2) is 15.5 Å². The molecule has 0 saturated heterocycles. The van der Waals surface area contributed by atoms with Crippen molar-refractivity contribution in [1.29, 1.82) is 0 Å². The van der Waals surface area contributed by atoms with Crippen LogP contribution in [0, 0.1) is 0 Å². The van der Waals surface area contributed by atoms with Crippen LogP contribution < -0.4 is 10.5 Å². The molecule has 0 unspecified atom stereocenters. The van der Waals surface area contributed by atoms with Crippen LogP contribution >= 0.6 is 47.5 Å². The second-order valence-corrected chi connectivity index (χ2v) is 3.00. The Hall–Kier alpha value is 0.210. The number of thiocarbonyl (C=S) groups is 1. The number of amides is 1. The molecule has 10 heavy (non-hydrogen) atoms. The van der Waals surface area contributed by atoms with Crippen LogP contribution in [-0.2, 0) is 0 Å². The summed E-state index contributed by atoms with van der Waals surface area (Å²) in [4.78, 5) is 9.42. The quantitative estimate of drug-likeness (QED) is 0.196. The third-order valence-electron chi connectivity index (χ3n) is 0.133. The molecule has 0 aliphatic rings. The summed E-state index contributed by atoms with van der Waals surface area (Å²) in [5.41, 5.74) is 4.71. The van der Waals surface area contributed by atoms with Gasteiger partial charge in [0.1, 0.15) is 4.32 Å². The lowest BCUT2D eigenvalue weighted by Crippen LogP contribution is -2.08. The number of hydrogen-bond donors (Lipinski definition) is 5. The third-order valence-corrected chi connectivity index (χ3v) is 0.673. The highest BCUT2D eigenvalue weighted by Crippen LogP contribution is 1.94. The van der Waals surface area contributed by atoms with E-state index in [1.165, 1.54) is 0 Å². The van der Waals surface area contributed by atoms with Gasteiger partial charge < -0.3 is 10.8 Å². The molecule has 0 spiro atoms. The summed E-state index contributed by atoms with van der Waals surface area (Å²) in [6, 6.07) is 0. The molecule has 0 aromatic heterocycles. The number of nitrogens with two attached hydrogens (primary N) is 1. The van der Waals surface area contributed by atoms with Gasteiger partial charge in [0.2, 0.25) is 0 Å².